The summed E-state index contributed by atoms with van der Waals surface area (Å²) in [6.45, 7) is 6.30. The lowest BCUT2D eigenvalue weighted by Crippen LogP contribution is -2.11. The minimum absolute atomic E-state index is 0.269. The molecule has 0 aromatic rings. The van der Waals surface area contributed by atoms with Gasteiger partial charge in [-0.25, -0.2) is 0 Å². The molecule has 0 aliphatic heterocycles. The van der Waals surface area contributed by atoms with Crippen LogP contribution in [0.4, 0.5) is 0 Å². The van der Waals surface area contributed by atoms with Gasteiger partial charge in [-0.2, -0.15) is 0 Å². The van der Waals surface area contributed by atoms with Crippen LogP contribution in [-0.4, -0.2) is 39.0 Å². The fraction of sp³-hybridized carbons (Fsp3) is 0.909. The lowest BCUT2D eigenvalue weighted by atomic mass is 10.3. The quantitative estimate of drug-likeness (QED) is 0.414. The molecule has 0 saturated carbocycles. The highest BCUT2D eigenvalue weighted by atomic mass is 16.6. The summed E-state index contributed by atoms with van der Waals surface area (Å²) in [4.78, 5) is 10.4. The van der Waals surface area contributed by atoms with Crippen LogP contribution in [0, 0.1) is 0 Å². The van der Waals surface area contributed by atoms with Crippen molar-refractivity contribution in [3.8, 4) is 0 Å². The van der Waals surface area contributed by atoms with Crippen molar-refractivity contribution in [3.05, 3.63) is 0 Å². The molecule has 0 radical (unpaired) electrons. The van der Waals surface area contributed by atoms with E-state index in [2.05, 4.69) is 6.92 Å². The molecule has 0 aliphatic rings. The Morgan fingerprint density at radius 1 is 0.933 bits per heavy atom. The summed E-state index contributed by atoms with van der Waals surface area (Å²) in [5, 5.41) is 0. The zero-order chi connectivity index (χ0) is 11.4. The third-order valence-corrected chi connectivity index (χ3v) is 1.80. The van der Waals surface area contributed by atoms with Crippen LogP contribution in [0.3, 0.4) is 0 Å². The van der Waals surface area contributed by atoms with Crippen LogP contribution < -0.4 is 0 Å². The van der Waals surface area contributed by atoms with Crippen molar-refractivity contribution >= 4 is 5.97 Å². The van der Waals surface area contributed by atoms with E-state index < -0.39 is 0 Å². The van der Waals surface area contributed by atoms with Gasteiger partial charge >= 0.3 is 5.97 Å². The molecule has 0 rings (SSSR count). The molecular formula is C11H22O4. The van der Waals surface area contributed by atoms with E-state index in [1.807, 2.05) is 0 Å². The Labute approximate surface area is 91.9 Å². The molecule has 0 atom stereocenters. The molecule has 0 unspecified atom stereocenters. The van der Waals surface area contributed by atoms with Gasteiger partial charge in [0.15, 0.2) is 0 Å². The maximum Gasteiger partial charge on any atom is 0.302 e. The topological polar surface area (TPSA) is 44.8 Å². The molecule has 0 amide bonds. The van der Waals surface area contributed by atoms with Crippen LogP contribution in [0.15, 0.2) is 0 Å². The second kappa shape index (κ2) is 11.5. The van der Waals surface area contributed by atoms with Gasteiger partial charge in [0.05, 0.1) is 19.8 Å². The molecule has 0 aliphatic carbocycles. The van der Waals surface area contributed by atoms with Gasteiger partial charge in [0, 0.05) is 13.5 Å². The van der Waals surface area contributed by atoms with E-state index in [9.17, 15) is 4.79 Å². The molecule has 15 heavy (non-hydrogen) atoms. The van der Waals surface area contributed by atoms with Crippen LogP contribution in [0.1, 0.15) is 33.1 Å². The average molecular weight is 218 g/mol. The second-order valence-corrected chi connectivity index (χ2v) is 3.27. The predicted molar refractivity (Wildman–Crippen MR) is 57.8 cm³/mol. The fourth-order valence-corrected chi connectivity index (χ4v) is 1.02. The monoisotopic (exact) mass is 218 g/mol. The summed E-state index contributed by atoms with van der Waals surface area (Å²) in [5.41, 5.74) is 0. The van der Waals surface area contributed by atoms with Gasteiger partial charge in [-0.15, -0.1) is 0 Å². The van der Waals surface area contributed by atoms with Crippen molar-refractivity contribution in [2.75, 3.05) is 33.0 Å². The highest BCUT2D eigenvalue weighted by Crippen LogP contribution is 1.93. The van der Waals surface area contributed by atoms with Gasteiger partial charge in [0.25, 0.3) is 0 Å². The van der Waals surface area contributed by atoms with Crippen LogP contribution in [-0.2, 0) is 19.0 Å². The van der Waals surface area contributed by atoms with Gasteiger partial charge in [-0.05, 0) is 6.42 Å². The number of rotatable bonds is 10. The average Bonchev–Trinajstić information content (AvgIpc) is 2.20. The molecule has 0 aromatic heterocycles. The Morgan fingerprint density at radius 2 is 1.53 bits per heavy atom. The van der Waals surface area contributed by atoms with E-state index >= 15 is 0 Å². The standard InChI is InChI=1S/C11H22O4/c1-3-4-5-6-13-7-8-14-9-10-15-11(2)12/h3-10H2,1-2H3. The molecule has 0 spiro atoms. The first-order valence-corrected chi connectivity index (χ1v) is 5.56. The largest absolute Gasteiger partial charge is 0.463 e. The SMILES string of the molecule is CCCCCOCCOCCOC(C)=O. The Morgan fingerprint density at radius 3 is 2.13 bits per heavy atom. The van der Waals surface area contributed by atoms with E-state index in [1.165, 1.54) is 19.8 Å². The summed E-state index contributed by atoms with van der Waals surface area (Å²) >= 11 is 0. The van der Waals surface area contributed by atoms with Crippen LogP contribution in [0.5, 0.6) is 0 Å². The van der Waals surface area contributed by atoms with Crippen molar-refractivity contribution in [1.82, 2.24) is 0 Å². The van der Waals surface area contributed by atoms with E-state index in [0.717, 1.165) is 13.0 Å². The molecule has 0 bridgehead atoms. The number of carbonyl (C=O) groups excluding carboxylic acids is 1. The number of hydrogen-bond acceptors (Lipinski definition) is 4. The summed E-state index contributed by atoms with van der Waals surface area (Å²) in [6, 6.07) is 0. The van der Waals surface area contributed by atoms with Gasteiger partial charge in [0.1, 0.15) is 6.61 Å². The maximum absolute atomic E-state index is 10.4. The molecule has 4 heteroatoms. The van der Waals surface area contributed by atoms with E-state index in [4.69, 9.17) is 14.2 Å². The lowest BCUT2D eigenvalue weighted by Gasteiger charge is -2.05. The number of hydrogen-bond donors (Lipinski definition) is 0. The lowest BCUT2D eigenvalue weighted by molar-refractivity contribution is -0.142. The van der Waals surface area contributed by atoms with Crippen molar-refractivity contribution in [2.45, 2.75) is 33.1 Å². The number of carbonyl (C=O) groups is 1. The normalized spacial score (nSPS) is 10.3. The van der Waals surface area contributed by atoms with Crippen LogP contribution >= 0.6 is 0 Å². The third-order valence-electron chi connectivity index (χ3n) is 1.80. The predicted octanol–water partition coefficient (Wildman–Crippen LogP) is 1.77. The summed E-state index contributed by atoms with van der Waals surface area (Å²) < 4.78 is 15.2. The zero-order valence-electron chi connectivity index (χ0n) is 9.79. The smallest absolute Gasteiger partial charge is 0.302 e. The molecule has 0 fully saturated rings. The van der Waals surface area contributed by atoms with Crippen molar-refractivity contribution in [3.63, 3.8) is 0 Å². The Kier molecular flexibility index (Phi) is 11.0. The minimum atomic E-state index is -0.269. The van der Waals surface area contributed by atoms with Gasteiger partial charge < -0.3 is 14.2 Å². The van der Waals surface area contributed by atoms with Crippen molar-refractivity contribution in [1.29, 1.82) is 0 Å². The fourth-order valence-electron chi connectivity index (χ4n) is 1.02. The number of ether oxygens (including phenoxy) is 3. The van der Waals surface area contributed by atoms with Gasteiger partial charge in [0.2, 0.25) is 0 Å². The molecule has 4 nitrogen and oxygen atoms in total. The van der Waals surface area contributed by atoms with Gasteiger partial charge in [-0.1, -0.05) is 19.8 Å². The number of unbranched alkanes of at least 4 members (excludes halogenated alkanes) is 2. The van der Waals surface area contributed by atoms with Crippen molar-refractivity contribution < 1.29 is 19.0 Å². The Hall–Kier alpha value is -0.610. The van der Waals surface area contributed by atoms with Gasteiger partial charge in [-0.3, -0.25) is 4.79 Å². The Balaban J connectivity index is 2.89. The minimum Gasteiger partial charge on any atom is -0.463 e. The van der Waals surface area contributed by atoms with E-state index in [-0.39, 0.29) is 5.97 Å². The molecule has 0 heterocycles. The Bertz CT molecular complexity index is 148. The van der Waals surface area contributed by atoms with E-state index in [1.54, 1.807) is 0 Å². The molecule has 90 valence electrons. The third kappa shape index (κ3) is 13.4. The molecule has 0 N–H and O–H groups in total. The summed E-state index contributed by atoms with van der Waals surface area (Å²) in [6.07, 6.45) is 3.54. The molecular weight excluding hydrogens is 196 g/mol. The first-order valence-electron chi connectivity index (χ1n) is 5.56. The summed E-state index contributed by atoms with van der Waals surface area (Å²) in [5.74, 6) is -0.269. The van der Waals surface area contributed by atoms with Crippen molar-refractivity contribution in [2.24, 2.45) is 0 Å². The second-order valence-electron chi connectivity index (χ2n) is 3.27. The number of esters is 1. The zero-order valence-corrected chi connectivity index (χ0v) is 9.79. The summed E-state index contributed by atoms with van der Waals surface area (Å²) in [7, 11) is 0. The van der Waals surface area contributed by atoms with Crippen LogP contribution in [0.2, 0.25) is 0 Å². The first-order chi connectivity index (χ1) is 7.27. The highest BCUT2D eigenvalue weighted by molar-refractivity contribution is 5.65. The molecule has 0 saturated heterocycles. The highest BCUT2D eigenvalue weighted by Gasteiger charge is 1.93. The maximum atomic E-state index is 10.4. The van der Waals surface area contributed by atoms with E-state index in [0.29, 0.717) is 26.4 Å². The first kappa shape index (κ1) is 14.4. The molecule has 0 aromatic carbocycles. The van der Waals surface area contributed by atoms with Crippen LogP contribution in [0.25, 0.3) is 0 Å².